The molecule has 2 heteroatoms. The van der Waals surface area contributed by atoms with Gasteiger partial charge in [-0.15, -0.1) is 0 Å². The van der Waals surface area contributed by atoms with Crippen LogP contribution in [0.5, 0.6) is 0 Å². The third kappa shape index (κ3) is 3.72. The lowest BCUT2D eigenvalue weighted by atomic mass is 10.4. The molecule has 1 aliphatic rings. The van der Waals surface area contributed by atoms with Gasteiger partial charge in [0.2, 0.25) is 8.32 Å². The number of hydrogen-bond donors (Lipinski definition) is 0. The highest BCUT2D eigenvalue weighted by molar-refractivity contribution is 6.69. The quantitative estimate of drug-likeness (QED) is 0.451. The standard InChI is InChI=1S/C8H16OSi/c1-10(2,3)9-7-6-8-4-5-8/h6-8H,4-5H2,1-3H3/b7-6+. The highest BCUT2D eigenvalue weighted by Crippen LogP contribution is 2.30. The van der Waals surface area contributed by atoms with Crippen LogP contribution in [0.15, 0.2) is 12.3 Å². The van der Waals surface area contributed by atoms with Crippen LogP contribution in [0.4, 0.5) is 0 Å². The van der Waals surface area contributed by atoms with E-state index < -0.39 is 8.32 Å². The molecule has 0 amide bonds. The first-order valence-electron chi connectivity index (χ1n) is 3.92. The lowest BCUT2D eigenvalue weighted by Gasteiger charge is -2.14. The molecular weight excluding hydrogens is 140 g/mol. The van der Waals surface area contributed by atoms with Crippen molar-refractivity contribution in [1.29, 1.82) is 0 Å². The molecule has 58 valence electrons. The molecule has 0 saturated heterocycles. The van der Waals surface area contributed by atoms with Gasteiger partial charge >= 0.3 is 0 Å². The first-order valence-corrected chi connectivity index (χ1v) is 7.33. The van der Waals surface area contributed by atoms with Gasteiger partial charge in [0.1, 0.15) is 0 Å². The van der Waals surface area contributed by atoms with E-state index in [1.807, 2.05) is 6.26 Å². The summed E-state index contributed by atoms with van der Waals surface area (Å²) in [6, 6.07) is 0. The SMILES string of the molecule is C[Si](C)(C)O/C=C/C1CC1. The third-order valence-electron chi connectivity index (χ3n) is 1.39. The minimum atomic E-state index is -1.28. The summed E-state index contributed by atoms with van der Waals surface area (Å²) in [5, 5.41) is 0. The van der Waals surface area contributed by atoms with Gasteiger partial charge in [0.05, 0.1) is 6.26 Å². The van der Waals surface area contributed by atoms with Gasteiger partial charge in [0.25, 0.3) is 0 Å². The zero-order valence-corrected chi connectivity index (χ0v) is 8.05. The van der Waals surface area contributed by atoms with E-state index in [0.717, 1.165) is 5.92 Å². The predicted octanol–water partition coefficient (Wildman–Crippen LogP) is 2.76. The molecule has 0 atom stereocenters. The molecule has 1 saturated carbocycles. The van der Waals surface area contributed by atoms with E-state index in [2.05, 4.69) is 25.7 Å². The fourth-order valence-corrected chi connectivity index (χ4v) is 1.13. The van der Waals surface area contributed by atoms with Crippen LogP contribution in [0.25, 0.3) is 0 Å². The summed E-state index contributed by atoms with van der Waals surface area (Å²) >= 11 is 0. The van der Waals surface area contributed by atoms with Crippen molar-refractivity contribution >= 4 is 8.32 Å². The van der Waals surface area contributed by atoms with Crippen LogP contribution in [-0.4, -0.2) is 8.32 Å². The Labute approximate surface area is 64.2 Å². The van der Waals surface area contributed by atoms with Crippen molar-refractivity contribution in [3.05, 3.63) is 12.3 Å². The van der Waals surface area contributed by atoms with E-state index >= 15 is 0 Å². The van der Waals surface area contributed by atoms with Crippen LogP contribution < -0.4 is 0 Å². The maximum atomic E-state index is 5.54. The Morgan fingerprint density at radius 3 is 2.30 bits per heavy atom. The minimum absolute atomic E-state index is 0.844. The monoisotopic (exact) mass is 156 g/mol. The second kappa shape index (κ2) is 2.78. The summed E-state index contributed by atoms with van der Waals surface area (Å²) in [6.45, 7) is 6.60. The maximum absolute atomic E-state index is 5.54. The van der Waals surface area contributed by atoms with Gasteiger partial charge < -0.3 is 4.43 Å². The molecular formula is C8H16OSi. The molecule has 1 aliphatic carbocycles. The third-order valence-corrected chi connectivity index (χ3v) is 2.24. The highest BCUT2D eigenvalue weighted by Gasteiger charge is 2.18. The Hall–Kier alpha value is -0.243. The van der Waals surface area contributed by atoms with Crippen LogP contribution in [0, 0.1) is 5.92 Å². The van der Waals surface area contributed by atoms with Gasteiger partial charge in [-0.3, -0.25) is 0 Å². The summed E-state index contributed by atoms with van der Waals surface area (Å²) in [7, 11) is -1.28. The maximum Gasteiger partial charge on any atom is 0.241 e. The second-order valence-corrected chi connectivity index (χ2v) is 8.36. The fraction of sp³-hybridized carbons (Fsp3) is 0.750. The molecule has 0 aromatic heterocycles. The van der Waals surface area contributed by atoms with Gasteiger partial charge in [-0.2, -0.15) is 0 Å². The summed E-state index contributed by atoms with van der Waals surface area (Å²) in [5.74, 6) is 0.844. The molecule has 1 rings (SSSR count). The van der Waals surface area contributed by atoms with Crippen molar-refractivity contribution in [1.82, 2.24) is 0 Å². The lowest BCUT2D eigenvalue weighted by molar-refractivity contribution is 0.476. The van der Waals surface area contributed by atoms with Crippen LogP contribution in [0.1, 0.15) is 12.8 Å². The molecule has 0 aromatic carbocycles. The molecule has 0 unspecified atom stereocenters. The fourth-order valence-electron chi connectivity index (χ4n) is 0.643. The molecule has 0 heterocycles. The average molecular weight is 156 g/mol. The zero-order valence-electron chi connectivity index (χ0n) is 7.05. The van der Waals surface area contributed by atoms with Crippen LogP contribution in [0.3, 0.4) is 0 Å². The van der Waals surface area contributed by atoms with Crippen molar-refractivity contribution in [3.63, 3.8) is 0 Å². The Morgan fingerprint density at radius 2 is 1.90 bits per heavy atom. The molecule has 1 fully saturated rings. The first kappa shape index (κ1) is 7.86. The molecule has 0 aromatic rings. The van der Waals surface area contributed by atoms with Gasteiger partial charge in [-0.1, -0.05) is 0 Å². The van der Waals surface area contributed by atoms with Gasteiger partial charge in [0, 0.05) is 0 Å². The largest absolute Gasteiger partial charge is 0.550 e. The number of allylic oxidation sites excluding steroid dienone is 1. The van der Waals surface area contributed by atoms with E-state index in [1.165, 1.54) is 12.8 Å². The Morgan fingerprint density at radius 1 is 1.30 bits per heavy atom. The zero-order chi connectivity index (χ0) is 7.61. The number of rotatable bonds is 3. The predicted molar refractivity (Wildman–Crippen MR) is 46.3 cm³/mol. The summed E-state index contributed by atoms with van der Waals surface area (Å²) in [4.78, 5) is 0. The van der Waals surface area contributed by atoms with E-state index in [1.54, 1.807) is 0 Å². The lowest BCUT2D eigenvalue weighted by Crippen LogP contribution is -2.21. The van der Waals surface area contributed by atoms with Crippen molar-refractivity contribution in [2.24, 2.45) is 5.92 Å². The smallest absolute Gasteiger partial charge is 0.241 e. The summed E-state index contributed by atoms with van der Waals surface area (Å²) in [5.41, 5.74) is 0. The first-order chi connectivity index (χ1) is 4.58. The van der Waals surface area contributed by atoms with Gasteiger partial charge in [0.15, 0.2) is 0 Å². The van der Waals surface area contributed by atoms with E-state index in [9.17, 15) is 0 Å². The summed E-state index contributed by atoms with van der Waals surface area (Å²) in [6.07, 6.45) is 6.83. The summed E-state index contributed by atoms with van der Waals surface area (Å²) < 4.78 is 5.54. The molecule has 10 heavy (non-hydrogen) atoms. The van der Waals surface area contributed by atoms with Crippen LogP contribution >= 0.6 is 0 Å². The van der Waals surface area contributed by atoms with Crippen molar-refractivity contribution in [3.8, 4) is 0 Å². The van der Waals surface area contributed by atoms with Crippen molar-refractivity contribution < 1.29 is 4.43 Å². The highest BCUT2D eigenvalue weighted by atomic mass is 28.4. The molecule has 1 nitrogen and oxygen atoms in total. The van der Waals surface area contributed by atoms with Crippen LogP contribution in [-0.2, 0) is 4.43 Å². The second-order valence-electron chi connectivity index (χ2n) is 3.90. The molecule has 0 N–H and O–H groups in total. The van der Waals surface area contributed by atoms with E-state index in [4.69, 9.17) is 4.43 Å². The van der Waals surface area contributed by atoms with E-state index in [-0.39, 0.29) is 0 Å². The van der Waals surface area contributed by atoms with Crippen molar-refractivity contribution in [2.45, 2.75) is 32.5 Å². The van der Waals surface area contributed by atoms with Crippen molar-refractivity contribution in [2.75, 3.05) is 0 Å². The Kier molecular flexibility index (Phi) is 2.19. The minimum Gasteiger partial charge on any atom is -0.550 e. The molecule has 0 bridgehead atoms. The van der Waals surface area contributed by atoms with Gasteiger partial charge in [-0.25, -0.2) is 0 Å². The Balaban J connectivity index is 2.13. The molecule has 0 radical (unpaired) electrons. The van der Waals surface area contributed by atoms with Crippen LogP contribution in [0.2, 0.25) is 19.6 Å². The van der Waals surface area contributed by atoms with E-state index in [0.29, 0.717) is 0 Å². The topological polar surface area (TPSA) is 9.23 Å². The Bertz CT molecular complexity index is 131. The molecule has 0 spiro atoms. The average Bonchev–Trinajstić information content (AvgIpc) is 2.45. The normalized spacial score (nSPS) is 19.9. The molecule has 0 aliphatic heterocycles. The number of hydrogen-bond acceptors (Lipinski definition) is 1. The van der Waals surface area contributed by atoms with Gasteiger partial charge in [-0.05, 0) is 44.5 Å².